The van der Waals surface area contributed by atoms with Crippen molar-refractivity contribution >= 4 is 153 Å². The van der Waals surface area contributed by atoms with Gasteiger partial charge in [-0.1, -0.05) is 19.2 Å². The molecule has 7 fully saturated rings. The molecule has 8 aromatic rings. The lowest BCUT2D eigenvalue weighted by Gasteiger charge is -2.28. The Morgan fingerprint density at radius 2 is 0.615 bits per heavy atom. The molecule has 71 heteroatoms. The zero-order valence-electron chi connectivity index (χ0n) is 75.9. The summed E-state index contributed by atoms with van der Waals surface area (Å²) in [6.07, 6.45) is -19.8. The maximum atomic E-state index is 14.8. The highest BCUT2D eigenvalue weighted by Gasteiger charge is 2.52. The fourth-order valence-electron chi connectivity index (χ4n) is 16.4. The Labute approximate surface area is 839 Å². The van der Waals surface area contributed by atoms with Crippen LogP contribution in [-0.4, -0.2) is 238 Å². The first-order valence-electron chi connectivity index (χ1n) is 43.1. The van der Waals surface area contributed by atoms with E-state index in [1.165, 1.54) is 70.4 Å². The molecule has 786 valence electrons. The first-order chi connectivity index (χ1) is 67.1. The van der Waals surface area contributed by atoms with E-state index in [2.05, 4.69) is 57.1 Å². The van der Waals surface area contributed by atoms with E-state index < -0.39 is 297 Å². The molecule has 0 aliphatic carbocycles. The summed E-state index contributed by atoms with van der Waals surface area (Å²) >= 11 is 37.4. The molecule has 0 saturated carbocycles. The monoisotopic (exact) mass is 2280 g/mol. The van der Waals surface area contributed by atoms with Crippen molar-refractivity contribution in [2.75, 3.05) is 58.2 Å². The number of imidazole rings is 1. The number of ether oxygens (including phenoxy) is 7. The van der Waals surface area contributed by atoms with Gasteiger partial charge in [-0.3, -0.25) is 89.9 Å². The molecule has 7 unspecified atom stereocenters. The minimum atomic E-state index is -4.84. The van der Waals surface area contributed by atoms with Gasteiger partial charge in [0.2, 0.25) is 0 Å². The van der Waals surface area contributed by atoms with E-state index in [1.807, 2.05) is 0 Å². The maximum absolute atomic E-state index is 14.8. The van der Waals surface area contributed by atoms with Gasteiger partial charge in [0.25, 0.3) is 27.8 Å². The molecule has 143 heavy (non-hydrogen) atoms. The Balaban J connectivity index is 0.634. The second kappa shape index (κ2) is 44.8. The first kappa shape index (κ1) is 111. The second-order valence-corrected chi connectivity index (χ2v) is 53.4. The fraction of sp³-hybridized carbons (Fsp3) is 0.597. The van der Waals surface area contributed by atoms with Crippen molar-refractivity contribution in [3.05, 3.63) is 198 Å². The largest absolute Gasteiger partial charge is 0.386 e. The molecule has 0 radical (unpaired) electrons. The number of aromatic nitrogens is 16. The third-order valence-electron chi connectivity index (χ3n) is 23.7. The molecule has 8 aromatic heterocycles. The van der Waals surface area contributed by atoms with Crippen LogP contribution in [-0.2, 0) is 172 Å². The van der Waals surface area contributed by atoms with Gasteiger partial charge >= 0.3 is 81.2 Å². The first-order valence-corrected chi connectivity index (χ1v) is 61.3. The summed E-state index contributed by atoms with van der Waals surface area (Å²) in [7, 11) is 1.11. The van der Waals surface area contributed by atoms with Crippen molar-refractivity contribution in [1.29, 1.82) is 0 Å². The van der Waals surface area contributed by atoms with Gasteiger partial charge in [-0.2, -0.15) is 4.98 Å². The smallest absolute Gasteiger partial charge is 0.383 e. The van der Waals surface area contributed by atoms with Crippen molar-refractivity contribution in [2.24, 2.45) is 0 Å². The van der Waals surface area contributed by atoms with E-state index in [1.54, 1.807) is 13.8 Å². The molecule has 15 N–H and O–H groups in total. The van der Waals surface area contributed by atoms with Crippen LogP contribution in [0.2, 0.25) is 0 Å². The molecule has 7 aliphatic rings. The highest BCUT2D eigenvalue weighted by Crippen LogP contribution is 2.60. The molecule has 0 amide bonds. The van der Waals surface area contributed by atoms with Gasteiger partial charge in [0.1, 0.15) is 104 Å². The Bertz CT molecular complexity index is 7250. The van der Waals surface area contributed by atoms with Gasteiger partial charge in [0.15, 0.2) is 11.5 Å². The zero-order chi connectivity index (χ0) is 104. The van der Waals surface area contributed by atoms with E-state index >= 15 is 0 Å². The van der Waals surface area contributed by atoms with E-state index in [0.717, 1.165) is 53.1 Å². The number of nitrogens with two attached hydrogens (primary N) is 2. The third kappa shape index (κ3) is 26.9. The maximum Gasteiger partial charge on any atom is 0.386 e. The Morgan fingerprint density at radius 3 is 0.909 bits per heavy atom. The number of aryl methyl sites for hydroxylation is 6. The molecule has 57 nitrogen and oxygen atoms in total. The lowest BCUT2D eigenvalue weighted by molar-refractivity contribution is -0.0575. The number of rotatable bonds is 41. The topological polar surface area (TPSA) is 737 Å². The minimum Gasteiger partial charge on any atom is -0.383 e. The molecule has 7 saturated heterocycles. The van der Waals surface area contributed by atoms with Crippen LogP contribution < -0.4 is 73.4 Å². The quantitative estimate of drug-likeness (QED) is 0.0188. The Hall–Kier alpha value is -6.17. The number of fused-ring (bicyclic) bond motifs is 1. The molecule has 15 rings (SSSR count). The molecule has 0 spiro atoms. The average molecular weight is 2280 g/mol. The van der Waals surface area contributed by atoms with E-state index in [-0.39, 0.29) is 82.7 Å². The van der Waals surface area contributed by atoms with Crippen LogP contribution in [0.4, 0.5) is 11.6 Å². The van der Waals surface area contributed by atoms with Gasteiger partial charge in [-0.15, -0.1) is 0 Å². The van der Waals surface area contributed by atoms with Crippen molar-refractivity contribution in [3.63, 3.8) is 0 Å². The van der Waals surface area contributed by atoms with Crippen LogP contribution in [0.25, 0.3) is 11.2 Å². The van der Waals surface area contributed by atoms with Crippen molar-refractivity contribution < 1.29 is 130 Å². The summed E-state index contributed by atoms with van der Waals surface area (Å²) in [6.45, 7) is -26.3. The van der Waals surface area contributed by atoms with Crippen LogP contribution in [0.5, 0.6) is 0 Å². The summed E-state index contributed by atoms with van der Waals surface area (Å²) in [5.74, 6) is -0.0408. The van der Waals surface area contributed by atoms with Crippen LogP contribution in [0.15, 0.2) is 103 Å². The van der Waals surface area contributed by atoms with Gasteiger partial charge in [0, 0.05) is 123 Å². The third-order valence-corrected chi connectivity index (χ3v) is 34.9. The lowest BCUT2D eigenvalue weighted by atomic mass is 10.1. The number of thiol groups is 1. The number of H-pyrrole nitrogens is 5. The molecule has 7 aliphatic heterocycles. The number of aromatic amines is 5. The van der Waals surface area contributed by atoms with E-state index in [9.17, 15) is 86.7 Å². The average Bonchev–Trinajstić information content (AvgIpc) is 1.36. The van der Waals surface area contributed by atoms with Crippen molar-refractivity contribution in [3.8, 4) is 0 Å². The number of nitrogens with one attached hydrogen (secondary N) is 5. The van der Waals surface area contributed by atoms with Crippen LogP contribution in [0.3, 0.4) is 0 Å². The SMILES string of the molecule is CC[C@H]1O[C@@H](n2cc(C)c(=O)[nH]c2=O)C[C@H]1OP(O)(=S)OC[C@H]1O[C@@H](n2cc(C)c(=O)[nH]c2=O)C[C@H]1OP(=O)(S)OC[C@H]1O[C@@H](n2cc(C)c(=O)[nH]c2=O)C[C@H]1OP(O)(=S)OC[C@H]1O[C@@H](n2cc(C)c(=O)[nH]c2=O)C[C@H]1OP(O)(=S)OC[C@H]1O[C@@H](n2cc(C)c(=O)[nH]c2=O)C[C@H]1OP(O)(=S)OC[C@H]1O[C@@H](n2cnc3c(N)ncnc32)C[C@H]1OP(O)(=S)OC[C@H]1O[C@@H](n2cc(C)c(N)nc2=O)C[C@H]1OP(O)(=S)OC. The van der Waals surface area contributed by atoms with Crippen LogP contribution >= 0.6 is 59.4 Å². The summed E-state index contributed by atoms with van der Waals surface area (Å²) in [4.78, 5) is 241. The van der Waals surface area contributed by atoms with Crippen LogP contribution in [0, 0.1) is 41.5 Å². The number of nitrogen functional groups attached to an aromatic ring is 2. The van der Waals surface area contributed by atoms with E-state index in [4.69, 9.17) is 179 Å². The van der Waals surface area contributed by atoms with Crippen molar-refractivity contribution in [1.82, 2.24) is 76.8 Å². The zero-order valence-corrected chi connectivity index (χ0v) is 88.0. The molecule has 28 atom stereocenters. The standard InChI is InChI=1S/C72H97N18O39P7S7/c1-9-37-38(10-51(116-37)85-18-32(3)62(91)79-68(85)97)124-131(103,138)110-24-46-40(12-53(118-46)86-19-33(4)63(92)80-69(86)98)125-132(104,139)112-25-47-41(13-54(119-47)87-20-34(5)64(93)81-70(87)99)126-133(105,140)113-26-48-42(14-55(120-48)88-21-35(6)65(94)82-71(88)100)127-134(106,141)114-27-49-43(15-56(121-49)89-22-36(7)66(95)83-72(89)101)128-135(107,142)115-28-50-44(16-57(122-50)90-30-77-58-60(74)75-29-76-61(58)90)129-136(108,143)111-23-45-39(123-130(102,137)109-8)11-52(117-45)84-17-31(2)59(73)78-67(84)96/h17-22,29-30,37-57H,9-16,23-28H2,1-8H3,(H,102,137)(H,103,138)(H,104,139)(H,105,140)(H,106,141)(H,107,142)(H,108,143)(H2,73,78,96)(H2,74,75,76)(H,79,91,97)(H,80,92,98)(H,81,93,99)(H,82,94,100)(H,83,95,101)/t37-,38-,39-,40-,41-,42-,43-,44-,45-,46-,47-,48-,49-,50-,51-,52-,53-,54-,55-,56-,57-,130?,131?,132?,133?,134?,135?,136?/m1/s1. The number of hydrogen-bond donors (Lipinski definition) is 14. The summed E-state index contributed by atoms with van der Waals surface area (Å²) in [5, 5.41) is 0. The normalized spacial score (nSPS) is 29.7. The number of nitrogens with zero attached hydrogens (tertiary/aromatic N) is 11. The summed E-state index contributed by atoms with van der Waals surface area (Å²) in [6, 6.07) is 0. The highest BCUT2D eigenvalue weighted by atomic mass is 32.7. The minimum absolute atomic E-state index is 0.000143. The Morgan fingerprint density at radius 1 is 0.364 bits per heavy atom. The molecule has 0 bridgehead atoms. The number of hydrogen-bond acceptors (Lipinski definition) is 45. The molecule has 15 heterocycles. The summed E-state index contributed by atoms with van der Waals surface area (Å²) < 4.78 is 149. The predicted octanol–water partition coefficient (Wildman–Crippen LogP) is 1.05. The van der Waals surface area contributed by atoms with E-state index in [0.29, 0.717) is 5.56 Å². The highest BCUT2D eigenvalue weighted by molar-refractivity contribution is 8.44. The van der Waals surface area contributed by atoms with Crippen molar-refractivity contribution in [2.45, 2.75) is 229 Å². The number of anilines is 2. The lowest BCUT2D eigenvalue weighted by Crippen LogP contribution is -2.33. The van der Waals surface area contributed by atoms with Gasteiger partial charge in [-0.25, -0.2) is 48.3 Å². The van der Waals surface area contributed by atoms with Gasteiger partial charge in [-0.05, 0) is 119 Å². The predicted molar refractivity (Wildman–Crippen MR) is 520 cm³/mol. The van der Waals surface area contributed by atoms with Gasteiger partial charge < -0.3 is 128 Å². The second-order valence-electron chi connectivity index (χ2n) is 33.7. The van der Waals surface area contributed by atoms with Gasteiger partial charge in [0.05, 0.1) is 88.7 Å². The fourth-order valence-corrected chi connectivity index (χ4v) is 26.3. The molecule has 0 aromatic carbocycles. The van der Waals surface area contributed by atoms with Crippen LogP contribution in [0.1, 0.15) is 135 Å². The molecular weight excluding hydrogens is 2180 g/mol. The summed E-state index contributed by atoms with van der Waals surface area (Å²) in [5.41, 5.74) is 4.00. The Kier molecular flexibility index (Phi) is 34.7. The molecular formula is C72H97N18O39P7S7.